The first-order chi connectivity index (χ1) is 15.1. The van der Waals surface area contributed by atoms with Crippen molar-refractivity contribution >= 4 is 5.91 Å². The molecule has 0 saturated heterocycles. The normalized spacial score (nSPS) is 16.0. The van der Waals surface area contributed by atoms with Gasteiger partial charge < -0.3 is 9.80 Å². The number of amides is 1. The number of hydrogen-bond donors (Lipinski definition) is 0. The third-order valence-corrected chi connectivity index (χ3v) is 5.87. The average Bonchev–Trinajstić information content (AvgIpc) is 3.09. The van der Waals surface area contributed by atoms with Crippen molar-refractivity contribution in [3.63, 3.8) is 0 Å². The van der Waals surface area contributed by atoms with Gasteiger partial charge in [0.1, 0.15) is 11.9 Å². The first-order valence-electron chi connectivity index (χ1n) is 11.1. The monoisotopic (exact) mass is 417 g/mol. The molecule has 162 valence electrons. The summed E-state index contributed by atoms with van der Waals surface area (Å²) in [6.45, 7) is 2.13. The third kappa shape index (κ3) is 5.02. The fourth-order valence-electron chi connectivity index (χ4n) is 4.19. The van der Waals surface area contributed by atoms with E-state index in [1.807, 2.05) is 67.5 Å². The number of carbonyl (C=O) groups is 1. The fourth-order valence-corrected chi connectivity index (χ4v) is 4.19. The number of benzene rings is 2. The van der Waals surface area contributed by atoms with Gasteiger partial charge in [-0.25, -0.2) is 0 Å². The molecule has 0 spiro atoms. The Morgan fingerprint density at radius 2 is 1.68 bits per heavy atom. The Labute approximate surface area is 184 Å². The predicted molar refractivity (Wildman–Crippen MR) is 122 cm³/mol. The van der Waals surface area contributed by atoms with Gasteiger partial charge in [0.05, 0.1) is 0 Å². The van der Waals surface area contributed by atoms with Crippen molar-refractivity contribution in [2.45, 2.75) is 38.3 Å². The Bertz CT molecular complexity index is 984. The molecule has 0 aliphatic carbocycles. The van der Waals surface area contributed by atoms with Gasteiger partial charge in [-0.15, -0.1) is 10.2 Å². The molecule has 3 aromatic rings. The van der Waals surface area contributed by atoms with Crippen LogP contribution in [0.5, 0.6) is 0 Å². The van der Waals surface area contributed by atoms with Crippen molar-refractivity contribution in [1.82, 2.24) is 24.6 Å². The second-order valence-corrected chi connectivity index (χ2v) is 8.49. The molecule has 6 heteroatoms. The number of hydrogen-bond acceptors (Lipinski definition) is 4. The quantitative estimate of drug-likeness (QED) is 0.587. The van der Waals surface area contributed by atoms with Crippen LogP contribution in [0.15, 0.2) is 60.7 Å². The smallest absolute Gasteiger partial charge is 0.246 e. The van der Waals surface area contributed by atoms with E-state index in [0.29, 0.717) is 13.1 Å². The zero-order valence-electron chi connectivity index (χ0n) is 18.4. The standard InChI is InChI=1S/C25H31N5O/c1-28(2)17-18-29(19-20-11-5-3-6-12-20)25(31)22-15-9-10-16-23-26-27-24(30(22)23)21-13-7-4-8-14-21/h3-8,11-14,22H,9-10,15-19H2,1-2H3. The number of aryl methyl sites for hydroxylation is 1. The summed E-state index contributed by atoms with van der Waals surface area (Å²) in [4.78, 5) is 18.1. The molecule has 0 bridgehead atoms. The molecule has 0 saturated carbocycles. The Morgan fingerprint density at radius 3 is 2.39 bits per heavy atom. The lowest BCUT2D eigenvalue weighted by atomic mass is 10.1. The molecule has 1 amide bonds. The van der Waals surface area contributed by atoms with E-state index >= 15 is 0 Å². The van der Waals surface area contributed by atoms with Crippen molar-refractivity contribution in [3.05, 3.63) is 72.1 Å². The van der Waals surface area contributed by atoms with Gasteiger partial charge in [0.25, 0.3) is 0 Å². The second-order valence-electron chi connectivity index (χ2n) is 8.49. The van der Waals surface area contributed by atoms with E-state index in [1.54, 1.807) is 0 Å². The lowest BCUT2D eigenvalue weighted by Crippen LogP contribution is -2.40. The summed E-state index contributed by atoms with van der Waals surface area (Å²) in [5.74, 6) is 1.87. The van der Waals surface area contributed by atoms with Crippen LogP contribution < -0.4 is 0 Å². The maximum absolute atomic E-state index is 13.9. The molecule has 2 heterocycles. The van der Waals surface area contributed by atoms with Gasteiger partial charge in [0.15, 0.2) is 5.82 Å². The molecule has 4 rings (SSSR count). The van der Waals surface area contributed by atoms with Crippen LogP contribution in [0.3, 0.4) is 0 Å². The van der Waals surface area contributed by atoms with Crippen LogP contribution in [0, 0.1) is 0 Å². The summed E-state index contributed by atoms with van der Waals surface area (Å²) in [5.41, 5.74) is 2.15. The highest BCUT2D eigenvalue weighted by molar-refractivity contribution is 5.81. The van der Waals surface area contributed by atoms with Crippen molar-refractivity contribution in [3.8, 4) is 11.4 Å². The highest BCUT2D eigenvalue weighted by Gasteiger charge is 2.32. The van der Waals surface area contributed by atoms with Crippen LogP contribution in [0.4, 0.5) is 0 Å². The molecule has 1 unspecified atom stereocenters. The summed E-state index contributed by atoms with van der Waals surface area (Å²) >= 11 is 0. The molecule has 1 atom stereocenters. The zero-order chi connectivity index (χ0) is 21.6. The number of fused-ring (bicyclic) bond motifs is 1. The summed E-state index contributed by atoms with van der Waals surface area (Å²) in [6, 6.07) is 20.0. The van der Waals surface area contributed by atoms with Crippen molar-refractivity contribution < 1.29 is 4.79 Å². The Balaban J connectivity index is 1.68. The SMILES string of the molecule is CN(C)CCN(Cc1ccccc1)C(=O)C1CCCCc2nnc(-c3ccccc3)n21. The minimum atomic E-state index is -0.270. The molecular weight excluding hydrogens is 386 g/mol. The van der Waals surface area contributed by atoms with E-state index in [0.717, 1.165) is 55.0 Å². The molecular formula is C25H31N5O. The average molecular weight is 418 g/mol. The molecule has 0 N–H and O–H groups in total. The lowest BCUT2D eigenvalue weighted by Gasteiger charge is -2.30. The summed E-state index contributed by atoms with van der Waals surface area (Å²) < 4.78 is 2.11. The van der Waals surface area contributed by atoms with Crippen LogP contribution in [-0.4, -0.2) is 57.7 Å². The molecule has 1 aromatic heterocycles. The van der Waals surface area contributed by atoms with E-state index in [9.17, 15) is 4.79 Å². The third-order valence-electron chi connectivity index (χ3n) is 5.87. The van der Waals surface area contributed by atoms with E-state index in [4.69, 9.17) is 0 Å². The van der Waals surface area contributed by atoms with Gasteiger partial charge >= 0.3 is 0 Å². The highest BCUT2D eigenvalue weighted by atomic mass is 16.2. The number of likely N-dealkylation sites (N-methyl/N-ethyl adjacent to an activating group) is 1. The van der Waals surface area contributed by atoms with E-state index in [-0.39, 0.29) is 11.9 Å². The van der Waals surface area contributed by atoms with Gasteiger partial charge in [0, 0.05) is 31.6 Å². The van der Waals surface area contributed by atoms with Gasteiger partial charge in [-0.3, -0.25) is 9.36 Å². The molecule has 0 fully saturated rings. The number of nitrogens with zero attached hydrogens (tertiary/aromatic N) is 5. The predicted octanol–water partition coefficient (Wildman–Crippen LogP) is 3.80. The number of carbonyl (C=O) groups excluding carboxylic acids is 1. The van der Waals surface area contributed by atoms with Crippen LogP contribution in [0.25, 0.3) is 11.4 Å². The minimum Gasteiger partial charge on any atom is -0.335 e. The van der Waals surface area contributed by atoms with Crippen molar-refractivity contribution in [2.75, 3.05) is 27.2 Å². The molecule has 31 heavy (non-hydrogen) atoms. The zero-order valence-corrected chi connectivity index (χ0v) is 18.4. The van der Waals surface area contributed by atoms with Gasteiger partial charge in [-0.1, -0.05) is 67.1 Å². The topological polar surface area (TPSA) is 54.3 Å². The highest BCUT2D eigenvalue weighted by Crippen LogP contribution is 2.31. The Hall–Kier alpha value is -2.99. The maximum Gasteiger partial charge on any atom is 0.246 e. The van der Waals surface area contributed by atoms with E-state index < -0.39 is 0 Å². The van der Waals surface area contributed by atoms with Gasteiger partial charge in [-0.05, 0) is 32.5 Å². The van der Waals surface area contributed by atoms with Crippen molar-refractivity contribution in [1.29, 1.82) is 0 Å². The summed E-state index contributed by atoms with van der Waals surface area (Å²) in [5, 5.41) is 8.97. The number of aromatic nitrogens is 3. The molecule has 0 radical (unpaired) electrons. The van der Waals surface area contributed by atoms with Gasteiger partial charge in [0.2, 0.25) is 5.91 Å². The second kappa shape index (κ2) is 9.88. The first-order valence-corrected chi connectivity index (χ1v) is 11.1. The number of rotatable bonds is 7. The minimum absolute atomic E-state index is 0.158. The van der Waals surface area contributed by atoms with Gasteiger partial charge in [-0.2, -0.15) is 0 Å². The first kappa shape index (κ1) is 21.2. The summed E-state index contributed by atoms with van der Waals surface area (Å²) in [6.07, 6.45) is 3.73. The lowest BCUT2D eigenvalue weighted by molar-refractivity contribution is -0.135. The molecule has 1 aliphatic heterocycles. The Morgan fingerprint density at radius 1 is 0.968 bits per heavy atom. The van der Waals surface area contributed by atoms with E-state index in [2.05, 4.69) is 31.8 Å². The largest absolute Gasteiger partial charge is 0.335 e. The van der Waals surface area contributed by atoms with Crippen LogP contribution in [0.1, 0.15) is 36.7 Å². The maximum atomic E-state index is 13.9. The van der Waals surface area contributed by atoms with Crippen LogP contribution in [-0.2, 0) is 17.8 Å². The fraction of sp³-hybridized carbons (Fsp3) is 0.400. The molecule has 6 nitrogen and oxygen atoms in total. The molecule has 1 aliphatic rings. The van der Waals surface area contributed by atoms with E-state index in [1.165, 1.54) is 0 Å². The van der Waals surface area contributed by atoms with Crippen LogP contribution in [0.2, 0.25) is 0 Å². The van der Waals surface area contributed by atoms with Crippen LogP contribution >= 0.6 is 0 Å². The Kier molecular flexibility index (Phi) is 6.77. The molecule has 2 aromatic carbocycles. The summed E-state index contributed by atoms with van der Waals surface area (Å²) in [7, 11) is 4.09. The van der Waals surface area contributed by atoms with Crippen molar-refractivity contribution in [2.24, 2.45) is 0 Å².